The minimum atomic E-state index is -3.50. The highest BCUT2D eigenvalue weighted by atomic mass is 16.7. The molecule has 3 rings (SSSR count). The Labute approximate surface area is 198 Å². The summed E-state index contributed by atoms with van der Waals surface area (Å²) in [5.74, 6) is -0.529. The monoisotopic (exact) mass is 485 g/mol. The maximum absolute atomic E-state index is 12.5. The Morgan fingerprint density at radius 1 is 1.23 bits per heavy atom. The van der Waals surface area contributed by atoms with Crippen molar-refractivity contribution in [2.45, 2.75) is 6.10 Å². The van der Waals surface area contributed by atoms with Gasteiger partial charge in [0.2, 0.25) is 0 Å². The predicted octanol–water partition coefficient (Wildman–Crippen LogP) is -0.350. The third-order valence-corrected chi connectivity index (χ3v) is 4.27. The Morgan fingerprint density at radius 2 is 2.00 bits per heavy atom. The number of anilines is 3. The lowest BCUT2D eigenvalue weighted by molar-refractivity contribution is -0.323. The van der Waals surface area contributed by atoms with Crippen LogP contribution in [0.4, 0.5) is 22.0 Å². The molecule has 15 nitrogen and oxygen atoms in total. The molecule has 0 unspecified atom stereocenters. The summed E-state index contributed by atoms with van der Waals surface area (Å²) in [5.41, 5.74) is 0.426. The van der Waals surface area contributed by atoms with E-state index in [1.807, 2.05) is 0 Å². The van der Waals surface area contributed by atoms with Gasteiger partial charge in [-0.3, -0.25) is 20.1 Å². The van der Waals surface area contributed by atoms with Crippen LogP contribution in [-0.2, 0) is 7.05 Å². The van der Waals surface area contributed by atoms with Crippen LogP contribution >= 0.6 is 0 Å². The van der Waals surface area contributed by atoms with Gasteiger partial charge in [0.05, 0.1) is 24.0 Å². The molecule has 0 aliphatic carbocycles. The number of methoxy groups -OCH3 is 1. The molecule has 3 aromatic rings. The molecular weight excluding hydrogens is 462 g/mol. The molecule has 0 radical (unpaired) electrons. The van der Waals surface area contributed by atoms with Gasteiger partial charge in [0.15, 0.2) is 23.1 Å². The summed E-state index contributed by atoms with van der Waals surface area (Å²) in [6, 6.07) is 5.71. The number of aromatic nitrogens is 5. The SMILES string of the molecule is C=CCNC(=O)Nc1cc(Nc2cccc(-c3ncn(C)n3)c2OC)c(C(=O)NC(O)(O)O)nn1. The van der Waals surface area contributed by atoms with Crippen molar-refractivity contribution in [2.75, 3.05) is 24.3 Å². The molecule has 0 fully saturated rings. The molecule has 0 aliphatic rings. The first-order valence-electron chi connectivity index (χ1n) is 9.94. The van der Waals surface area contributed by atoms with Crippen LogP contribution in [0.5, 0.6) is 5.75 Å². The molecule has 0 atom stereocenters. The van der Waals surface area contributed by atoms with E-state index in [4.69, 9.17) is 20.1 Å². The summed E-state index contributed by atoms with van der Waals surface area (Å²) in [6.07, 6.45) is -0.503. The van der Waals surface area contributed by atoms with Crippen molar-refractivity contribution in [3.05, 3.63) is 48.9 Å². The largest absolute Gasteiger partial charge is 0.494 e. The normalized spacial score (nSPS) is 10.9. The van der Waals surface area contributed by atoms with Gasteiger partial charge in [0.1, 0.15) is 6.33 Å². The number of urea groups is 1. The highest BCUT2D eigenvalue weighted by Gasteiger charge is 2.26. The van der Waals surface area contributed by atoms with Gasteiger partial charge in [-0.15, -0.1) is 16.8 Å². The van der Waals surface area contributed by atoms with Gasteiger partial charge in [0.25, 0.3) is 5.91 Å². The first-order chi connectivity index (χ1) is 16.6. The Hall–Kier alpha value is -4.60. The molecule has 0 aliphatic heterocycles. The van der Waals surface area contributed by atoms with Crippen molar-refractivity contribution in [2.24, 2.45) is 7.05 Å². The number of ether oxygens (including phenoxy) is 1. The van der Waals surface area contributed by atoms with Gasteiger partial charge in [-0.05, 0) is 12.1 Å². The molecule has 2 aromatic heterocycles. The number of carbonyl (C=O) groups is 2. The molecule has 0 saturated carbocycles. The van der Waals surface area contributed by atoms with Crippen molar-refractivity contribution >= 4 is 29.1 Å². The molecule has 7 N–H and O–H groups in total. The summed E-state index contributed by atoms with van der Waals surface area (Å²) in [6.45, 7) is 3.70. The first kappa shape index (κ1) is 25.0. The number of benzene rings is 1. The fraction of sp³-hybridized carbons (Fsp3) is 0.200. The van der Waals surface area contributed by atoms with E-state index >= 15 is 0 Å². The number of nitrogens with one attached hydrogen (secondary N) is 4. The highest BCUT2D eigenvalue weighted by molar-refractivity contribution is 5.99. The zero-order valence-corrected chi connectivity index (χ0v) is 18.7. The van der Waals surface area contributed by atoms with Gasteiger partial charge < -0.3 is 30.7 Å². The van der Waals surface area contributed by atoms with E-state index in [0.29, 0.717) is 22.8 Å². The van der Waals surface area contributed by atoms with Crippen LogP contribution in [-0.4, -0.2) is 72.0 Å². The van der Waals surface area contributed by atoms with Crippen molar-refractivity contribution in [1.29, 1.82) is 0 Å². The molecule has 3 amide bonds. The molecule has 2 heterocycles. The van der Waals surface area contributed by atoms with E-state index in [1.165, 1.54) is 35.6 Å². The van der Waals surface area contributed by atoms with Crippen LogP contribution in [0.3, 0.4) is 0 Å². The Bertz CT molecular complexity index is 1240. The van der Waals surface area contributed by atoms with Crippen LogP contribution < -0.4 is 26.0 Å². The number of aliphatic hydroxyl groups is 3. The highest BCUT2D eigenvalue weighted by Crippen LogP contribution is 2.37. The third-order valence-electron chi connectivity index (χ3n) is 4.27. The van der Waals surface area contributed by atoms with Crippen molar-refractivity contribution < 1.29 is 29.6 Å². The van der Waals surface area contributed by atoms with E-state index in [0.717, 1.165) is 0 Å². The number of para-hydroxylation sites is 1. The summed E-state index contributed by atoms with van der Waals surface area (Å²) in [5, 5.41) is 48.6. The topological polar surface area (TPSA) is 209 Å². The average Bonchev–Trinajstić information content (AvgIpc) is 3.22. The van der Waals surface area contributed by atoms with Crippen molar-refractivity contribution in [3.8, 4) is 17.1 Å². The van der Waals surface area contributed by atoms with E-state index in [2.05, 4.69) is 42.8 Å². The number of amides is 3. The fourth-order valence-electron chi connectivity index (χ4n) is 2.89. The zero-order chi connectivity index (χ0) is 25.6. The van der Waals surface area contributed by atoms with Crippen molar-refractivity contribution in [3.63, 3.8) is 0 Å². The molecule has 1 aromatic carbocycles. The maximum Gasteiger partial charge on any atom is 0.369 e. The van der Waals surface area contributed by atoms with Crippen LogP contribution in [0.2, 0.25) is 0 Å². The predicted molar refractivity (Wildman–Crippen MR) is 122 cm³/mol. The van der Waals surface area contributed by atoms with Gasteiger partial charge in [-0.2, -0.15) is 5.10 Å². The number of hydrogen-bond donors (Lipinski definition) is 7. The molecule has 0 saturated heterocycles. The molecule has 35 heavy (non-hydrogen) atoms. The van der Waals surface area contributed by atoms with E-state index in [-0.39, 0.29) is 18.1 Å². The minimum absolute atomic E-state index is 0.0230. The van der Waals surface area contributed by atoms with E-state index in [1.54, 1.807) is 25.2 Å². The first-order valence-corrected chi connectivity index (χ1v) is 9.94. The zero-order valence-electron chi connectivity index (χ0n) is 18.7. The summed E-state index contributed by atoms with van der Waals surface area (Å²) >= 11 is 0. The number of aryl methyl sites for hydroxylation is 1. The lowest BCUT2D eigenvalue weighted by atomic mass is 10.1. The third kappa shape index (κ3) is 6.47. The Morgan fingerprint density at radius 3 is 2.63 bits per heavy atom. The second-order valence-corrected chi connectivity index (χ2v) is 6.96. The van der Waals surface area contributed by atoms with E-state index in [9.17, 15) is 9.59 Å². The maximum atomic E-state index is 12.5. The molecule has 0 bridgehead atoms. The Balaban J connectivity index is 2.02. The fourth-order valence-corrected chi connectivity index (χ4v) is 2.89. The lowest BCUT2D eigenvalue weighted by Crippen LogP contribution is -2.48. The van der Waals surface area contributed by atoms with Crippen LogP contribution in [0.25, 0.3) is 11.4 Å². The summed E-state index contributed by atoms with van der Waals surface area (Å²) in [4.78, 5) is 28.7. The number of hydrogen-bond acceptors (Lipinski definition) is 11. The number of carbonyl (C=O) groups excluding carboxylic acids is 2. The smallest absolute Gasteiger partial charge is 0.369 e. The number of rotatable bonds is 9. The van der Waals surface area contributed by atoms with Gasteiger partial charge in [-0.25, -0.2) is 9.78 Å². The Kier molecular flexibility index (Phi) is 7.55. The van der Waals surface area contributed by atoms with Crippen molar-refractivity contribution in [1.82, 2.24) is 35.6 Å². The van der Waals surface area contributed by atoms with E-state index < -0.39 is 23.7 Å². The van der Waals surface area contributed by atoms with Crippen LogP contribution in [0.1, 0.15) is 10.5 Å². The minimum Gasteiger partial charge on any atom is -0.494 e. The lowest BCUT2D eigenvalue weighted by Gasteiger charge is -2.18. The van der Waals surface area contributed by atoms with Crippen LogP contribution in [0, 0.1) is 0 Å². The van der Waals surface area contributed by atoms with Gasteiger partial charge in [-0.1, -0.05) is 12.1 Å². The summed E-state index contributed by atoms with van der Waals surface area (Å²) < 4.78 is 7.05. The average molecular weight is 485 g/mol. The number of nitrogens with zero attached hydrogens (tertiary/aromatic N) is 5. The standard InChI is InChI=1S/C20H23N9O6/c1-4-8-21-19(31)24-14-9-13(15(27-26-14)18(30)25-20(32,33)34)23-12-7-5-6-11(16(12)35-3)17-22-10-29(2)28-17/h4-7,9-10,32-34H,1,8H2,2-3H3,(H,25,30)(H3,21,23,24,26,31). The second-order valence-electron chi connectivity index (χ2n) is 6.96. The quantitative estimate of drug-likeness (QED) is 0.154. The van der Waals surface area contributed by atoms with Gasteiger partial charge >= 0.3 is 12.1 Å². The molecule has 0 spiro atoms. The second kappa shape index (κ2) is 10.6. The van der Waals surface area contributed by atoms with Crippen LogP contribution in [0.15, 0.2) is 43.2 Å². The summed E-state index contributed by atoms with van der Waals surface area (Å²) in [7, 11) is 3.14. The van der Waals surface area contributed by atoms with Gasteiger partial charge in [0, 0.05) is 19.7 Å². The molecule has 15 heteroatoms. The molecule has 184 valence electrons. The molecular formula is C20H23N9O6.